The molecule has 0 radical (unpaired) electrons. The van der Waals surface area contributed by atoms with Gasteiger partial charge in [-0.1, -0.05) is 41.4 Å². The van der Waals surface area contributed by atoms with Crippen LogP contribution < -0.4 is 14.5 Å². The summed E-state index contributed by atoms with van der Waals surface area (Å²) in [5, 5.41) is 20.2. The molecule has 46 heavy (non-hydrogen) atoms. The van der Waals surface area contributed by atoms with Gasteiger partial charge in [-0.05, 0) is 49.9 Å². The molecule has 3 aromatic rings. The number of carboxylic acids is 1. The number of aliphatic hydroxyl groups excluding tert-OH is 1. The molecule has 4 fully saturated rings. The van der Waals surface area contributed by atoms with E-state index in [-0.39, 0.29) is 69.5 Å². The minimum absolute atomic E-state index is 0.0303. The van der Waals surface area contributed by atoms with Crippen molar-refractivity contribution in [2.24, 2.45) is 5.41 Å². The first-order valence-electron chi connectivity index (χ1n) is 15.5. The Hall–Kier alpha value is -3.57. The first kappa shape index (κ1) is 29.8. The first-order valence-corrected chi connectivity index (χ1v) is 16.3. The molecule has 9 nitrogen and oxygen atoms in total. The van der Waals surface area contributed by atoms with Crippen LogP contribution in [0.15, 0.2) is 42.5 Å². The molecule has 0 aromatic heterocycles. The van der Waals surface area contributed by atoms with Crippen LogP contribution in [-0.2, 0) is 11.3 Å². The van der Waals surface area contributed by atoms with Gasteiger partial charge in [-0.15, -0.1) is 0 Å². The molecule has 12 heteroatoms. The maximum Gasteiger partial charge on any atom is 0.337 e. The minimum Gasteiger partial charge on any atom is -0.478 e. The molecule has 2 atom stereocenters. The molecule has 1 aliphatic carbocycles. The standard InChI is InChI=1S/C34H32Cl2FN3O6/c35-26-6-21(39-15-34(16-39)10-22(41)11-34)7-27(36)30(26)32(42)38-12-18-2-1-3-23(31(18)46-17-38)24-9-29(25(33(43)44)8-28(24)37)40-19-4-5-20(40)14-45-13-19/h1-3,6-9,19-20,22,41H,4-5,10-17H2,(H,43,44). The van der Waals surface area contributed by atoms with E-state index in [1.54, 1.807) is 30.3 Å². The third-order valence-corrected chi connectivity index (χ3v) is 10.8. The Balaban J connectivity index is 1.06. The lowest BCUT2D eigenvalue weighted by atomic mass is 9.62. The summed E-state index contributed by atoms with van der Waals surface area (Å²) < 4.78 is 27.5. The quantitative estimate of drug-likeness (QED) is 0.351. The normalized spacial score (nSPS) is 23.1. The summed E-state index contributed by atoms with van der Waals surface area (Å²) in [6.07, 6.45) is 3.14. The molecule has 2 unspecified atom stereocenters. The van der Waals surface area contributed by atoms with Gasteiger partial charge in [0, 0.05) is 40.9 Å². The molecular weight excluding hydrogens is 636 g/mol. The molecule has 2 bridgehead atoms. The number of carboxylic acid groups (broad SMARTS) is 1. The fraction of sp³-hybridized carbons (Fsp3) is 0.412. The van der Waals surface area contributed by atoms with E-state index in [4.69, 9.17) is 32.7 Å². The molecule has 3 aromatic carbocycles. The first-order chi connectivity index (χ1) is 22.1. The fourth-order valence-electron chi connectivity index (χ4n) is 8.04. The fourth-order valence-corrected chi connectivity index (χ4v) is 8.68. The van der Waals surface area contributed by atoms with Gasteiger partial charge in [-0.2, -0.15) is 0 Å². The number of morpholine rings is 1. The van der Waals surface area contributed by atoms with Gasteiger partial charge < -0.3 is 34.4 Å². The number of fused-ring (bicyclic) bond motifs is 3. The van der Waals surface area contributed by atoms with Gasteiger partial charge in [0.2, 0.25) is 0 Å². The number of hydrogen-bond acceptors (Lipinski definition) is 7. The van der Waals surface area contributed by atoms with E-state index >= 15 is 4.39 Å². The van der Waals surface area contributed by atoms with Crippen molar-refractivity contribution >= 4 is 46.5 Å². The van der Waals surface area contributed by atoms with E-state index in [0.29, 0.717) is 35.8 Å². The monoisotopic (exact) mass is 667 g/mol. The van der Waals surface area contributed by atoms with Crippen LogP contribution in [0.3, 0.4) is 0 Å². The zero-order chi connectivity index (χ0) is 31.9. The van der Waals surface area contributed by atoms with E-state index in [1.807, 2.05) is 6.07 Å². The molecule has 1 amide bonds. The molecule has 3 saturated heterocycles. The summed E-state index contributed by atoms with van der Waals surface area (Å²) in [5.41, 5.74) is 2.95. The molecule has 4 aliphatic heterocycles. The van der Waals surface area contributed by atoms with Crippen molar-refractivity contribution < 1.29 is 33.7 Å². The predicted octanol–water partition coefficient (Wildman–Crippen LogP) is 5.82. The average molecular weight is 669 g/mol. The minimum atomic E-state index is -1.19. The van der Waals surface area contributed by atoms with Crippen LogP contribution in [-0.4, -0.2) is 78.2 Å². The summed E-state index contributed by atoms with van der Waals surface area (Å²) in [7, 11) is 0. The van der Waals surface area contributed by atoms with Gasteiger partial charge in [-0.3, -0.25) is 4.79 Å². The van der Waals surface area contributed by atoms with Crippen LogP contribution in [0.25, 0.3) is 11.1 Å². The van der Waals surface area contributed by atoms with Gasteiger partial charge in [0.1, 0.15) is 11.6 Å². The third-order valence-electron chi connectivity index (χ3n) is 10.2. The number of ether oxygens (including phenoxy) is 2. The number of rotatable bonds is 5. The maximum atomic E-state index is 15.7. The van der Waals surface area contributed by atoms with Gasteiger partial charge in [0.25, 0.3) is 5.91 Å². The summed E-state index contributed by atoms with van der Waals surface area (Å²) in [4.78, 5) is 31.6. The van der Waals surface area contributed by atoms with Gasteiger partial charge >= 0.3 is 5.97 Å². The second-order valence-electron chi connectivity index (χ2n) is 13.3. The van der Waals surface area contributed by atoms with Gasteiger partial charge in [0.15, 0.2) is 6.73 Å². The number of carbonyl (C=O) groups is 2. The lowest BCUT2D eigenvalue weighted by Gasteiger charge is -2.58. The molecule has 240 valence electrons. The van der Waals surface area contributed by atoms with Crippen molar-refractivity contribution in [3.05, 3.63) is 75.0 Å². The zero-order valence-corrected chi connectivity index (χ0v) is 26.4. The molecule has 1 saturated carbocycles. The summed E-state index contributed by atoms with van der Waals surface area (Å²) in [6, 6.07) is 11.6. The number of aliphatic hydroxyl groups is 1. The molecule has 1 spiro atoms. The number of para-hydroxylation sites is 1. The van der Waals surface area contributed by atoms with E-state index in [0.717, 1.165) is 50.5 Å². The lowest BCUT2D eigenvalue weighted by Crippen LogP contribution is -2.63. The highest BCUT2D eigenvalue weighted by molar-refractivity contribution is 6.40. The second kappa shape index (κ2) is 11.0. The average Bonchev–Trinajstić information content (AvgIpc) is 3.23. The molecule has 4 heterocycles. The van der Waals surface area contributed by atoms with E-state index in [2.05, 4.69) is 9.80 Å². The van der Waals surface area contributed by atoms with Crippen molar-refractivity contribution in [3.63, 3.8) is 0 Å². The zero-order valence-electron chi connectivity index (χ0n) is 24.8. The lowest BCUT2D eigenvalue weighted by molar-refractivity contribution is -0.0491. The van der Waals surface area contributed by atoms with Gasteiger partial charge in [0.05, 0.1) is 64.8 Å². The SMILES string of the molecule is O=C(O)c1cc(F)c(-c2cccc3c2OCN(C(=O)c2c(Cl)cc(N4CC5(CC(O)C5)C4)cc2Cl)C3)cc1N1C2CCC1COC2. The number of halogens is 3. The summed E-state index contributed by atoms with van der Waals surface area (Å²) in [5.74, 6) is -1.81. The van der Waals surface area contributed by atoms with Crippen LogP contribution >= 0.6 is 23.2 Å². The molecule has 5 aliphatic rings. The topological polar surface area (TPSA) is 103 Å². The number of nitrogens with zero attached hydrogens (tertiary/aromatic N) is 3. The predicted molar refractivity (Wildman–Crippen MR) is 171 cm³/mol. The largest absolute Gasteiger partial charge is 0.478 e. The maximum absolute atomic E-state index is 15.7. The Bertz CT molecular complexity index is 1730. The van der Waals surface area contributed by atoms with Gasteiger partial charge in [-0.25, -0.2) is 9.18 Å². The Morgan fingerprint density at radius 3 is 2.33 bits per heavy atom. The number of anilines is 2. The number of hydrogen-bond donors (Lipinski definition) is 2. The van der Waals surface area contributed by atoms with Crippen molar-refractivity contribution in [1.82, 2.24) is 4.90 Å². The second-order valence-corrected chi connectivity index (χ2v) is 14.1. The highest BCUT2D eigenvalue weighted by atomic mass is 35.5. The van der Waals surface area contributed by atoms with Crippen LogP contribution in [0, 0.1) is 11.2 Å². The van der Waals surface area contributed by atoms with E-state index in [1.165, 1.54) is 4.90 Å². The van der Waals surface area contributed by atoms with Crippen LogP contribution in [0.1, 0.15) is 52.0 Å². The van der Waals surface area contributed by atoms with Crippen molar-refractivity contribution in [3.8, 4) is 16.9 Å². The number of benzene rings is 3. The highest BCUT2D eigenvalue weighted by Crippen LogP contribution is 2.50. The molecule has 2 N–H and O–H groups in total. The smallest absolute Gasteiger partial charge is 0.337 e. The molecular formula is C34H32Cl2FN3O6. The van der Waals surface area contributed by atoms with E-state index in [9.17, 15) is 19.8 Å². The molecule has 8 rings (SSSR count). The van der Waals surface area contributed by atoms with Crippen molar-refractivity contribution in [2.45, 2.75) is 50.4 Å². The third kappa shape index (κ3) is 4.80. The summed E-state index contributed by atoms with van der Waals surface area (Å²) >= 11 is 13.3. The van der Waals surface area contributed by atoms with Crippen molar-refractivity contribution in [2.75, 3.05) is 42.8 Å². The Morgan fingerprint density at radius 2 is 1.67 bits per heavy atom. The number of carbonyl (C=O) groups excluding carboxylic acids is 1. The Morgan fingerprint density at radius 1 is 0.978 bits per heavy atom. The van der Waals surface area contributed by atoms with E-state index < -0.39 is 11.8 Å². The Kier molecular flexibility index (Phi) is 7.13. The Labute approximate surface area is 275 Å². The summed E-state index contributed by atoms with van der Waals surface area (Å²) in [6.45, 7) is 2.70. The van der Waals surface area contributed by atoms with Crippen LogP contribution in [0.2, 0.25) is 10.0 Å². The number of aromatic carboxylic acids is 1. The van der Waals surface area contributed by atoms with Crippen LogP contribution in [0.4, 0.5) is 15.8 Å². The highest BCUT2D eigenvalue weighted by Gasteiger charge is 2.52. The van der Waals surface area contributed by atoms with Crippen LogP contribution in [0.5, 0.6) is 5.75 Å². The van der Waals surface area contributed by atoms with Crippen molar-refractivity contribution in [1.29, 1.82) is 0 Å². The number of amides is 1.